The van der Waals surface area contributed by atoms with Gasteiger partial charge in [-0.15, -0.1) is 0 Å². The minimum atomic E-state index is -0.289. The summed E-state index contributed by atoms with van der Waals surface area (Å²) >= 11 is 0. The van der Waals surface area contributed by atoms with Crippen molar-refractivity contribution in [3.8, 4) is 0 Å². The lowest BCUT2D eigenvalue weighted by atomic mass is 10.1. The SMILES string of the molecule is C=C(/C=C\C)c1cc2c(N)nc(N)nc2[nH]c1=O. The third-order valence-corrected chi connectivity index (χ3v) is 2.47. The van der Waals surface area contributed by atoms with Crippen molar-refractivity contribution < 1.29 is 0 Å². The first-order chi connectivity index (χ1) is 8.52. The molecule has 0 saturated heterocycles. The normalized spacial score (nSPS) is 11.2. The second kappa shape index (κ2) is 4.33. The van der Waals surface area contributed by atoms with Gasteiger partial charge in [0.05, 0.1) is 5.39 Å². The molecule has 0 radical (unpaired) electrons. The monoisotopic (exact) mass is 243 g/mol. The molecule has 0 fully saturated rings. The number of hydrogen-bond donors (Lipinski definition) is 3. The summed E-state index contributed by atoms with van der Waals surface area (Å²) < 4.78 is 0. The number of nitrogen functional groups attached to an aromatic ring is 2. The Labute approximate surface area is 103 Å². The molecular weight excluding hydrogens is 230 g/mol. The summed E-state index contributed by atoms with van der Waals surface area (Å²) in [5.74, 6) is 0.249. The summed E-state index contributed by atoms with van der Waals surface area (Å²) in [7, 11) is 0. The van der Waals surface area contributed by atoms with Gasteiger partial charge in [0.2, 0.25) is 5.95 Å². The maximum Gasteiger partial charge on any atom is 0.257 e. The van der Waals surface area contributed by atoms with Crippen LogP contribution in [-0.2, 0) is 0 Å². The number of aromatic amines is 1. The van der Waals surface area contributed by atoms with Crippen molar-refractivity contribution in [1.29, 1.82) is 0 Å². The molecule has 0 saturated carbocycles. The Morgan fingerprint density at radius 2 is 2.17 bits per heavy atom. The molecule has 6 heteroatoms. The number of anilines is 2. The molecule has 0 amide bonds. The molecule has 2 heterocycles. The molecule has 0 atom stereocenters. The highest BCUT2D eigenvalue weighted by Crippen LogP contribution is 2.19. The highest BCUT2D eigenvalue weighted by Gasteiger charge is 2.09. The predicted molar refractivity (Wildman–Crippen MR) is 72.8 cm³/mol. The van der Waals surface area contributed by atoms with Crippen LogP contribution in [0, 0.1) is 0 Å². The molecule has 2 aromatic rings. The van der Waals surface area contributed by atoms with Crippen LogP contribution in [0.1, 0.15) is 12.5 Å². The topological polar surface area (TPSA) is 111 Å². The lowest BCUT2D eigenvalue weighted by molar-refractivity contribution is 1.17. The second-order valence-electron chi connectivity index (χ2n) is 3.77. The van der Waals surface area contributed by atoms with Gasteiger partial charge in [0.15, 0.2) is 0 Å². The third-order valence-electron chi connectivity index (χ3n) is 2.47. The van der Waals surface area contributed by atoms with Crippen molar-refractivity contribution in [3.05, 3.63) is 40.7 Å². The highest BCUT2D eigenvalue weighted by molar-refractivity contribution is 5.89. The Morgan fingerprint density at radius 3 is 2.83 bits per heavy atom. The first-order valence-electron chi connectivity index (χ1n) is 5.31. The van der Waals surface area contributed by atoms with E-state index in [4.69, 9.17) is 11.5 Å². The predicted octanol–water partition coefficient (Wildman–Crippen LogP) is 1.07. The maximum absolute atomic E-state index is 11.9. The van der Waals surface area contributed by atoms with Crippen LogP contribution in [0.3, 0.4) is 0 Å². The molecule has 0 bridgehead atoms. The van der Waals surface area contributed by atoms with Crippen LogP contribution in [0.25, 0.3) is 16.6 Å². The lowest BCUT2D eigenvalue weighted by Gasteiger charge is -2.05. The van der Waals surface area contributed by atoms with Crippen LogP contribution >= 0.6 is 0 Å². The third kappa shape index (κ3) is 1.95. The zero-order valence-electron chi connectivity index (χ0n) is 9.90. The van der Waals surface area contributed by atoms with E-state index in [9.17, 15) is 4.79 Å². The number of rotatable bonds is 2. The summed E-state index contributed by atoms with van der Waals surface area (Å²) in [6, 6.07) is 1.62. The second-order valence-corrected chi connectivity index (χ2v) is 3.77. The number of nitrogens with zero attached hydrogens (tertiary/aromatic N) is 2. The van der Waals surface area contributed by atoms with Crippen LogP contribution < -0.4 is 17.0 Å². The average Bonchev–Trinajstić information content (AvgIpc) is 2.27. The van der Waals surface area contributed by atoms with Gasteiger partial charge in [0.25, 0.3) is 5.56 Å². The number of hydrogen-bond acceptors (Lipinski definition) is 5. The Bertz CT molecular complexity index is 714. The van der Waals surface area contributed by atoms with Crippen LogP contribution in [-0.4, -0.2) is 15.0 Å². The van der Waals surface area contributed by atoms with Crippen LogP contribution in [0.4, 0.5) is 11.8 Å². The fraction of sp³-hybridized carbons (Fsp3) is 0.0833. The van der Waals surface area contributed by atoms with Gasteiger partial charge in [-0.25, -0.2) is 0 Å². The average molecular weight is 243 g/mol. The van der Waals surface area contributed by atoms with Crippen molar-refractivity contribution in [1.82, 2.24) is 15.0 Å². The van der Waals surface area contributed by atoms with Crippen LogP contribution in [0.5, 0.6) is 0 Å². The molecule has 0 aromatic carbocycles. The van der Waals surface area contributed by atoms with Gasteiger partial charge in [-0.1, -0.05) is 18.7 Å². The molecule has 2 rings (SSSR count). The van der Waals surface area contributed by atoms with E-state index in [0.717, 1.165) is 0 Å². The van der Waals surface area contributed by atoms with E-state index in [-0.39, 0.29) is 17.3 Å². The molecule has 0 aliphatic carbocycles. The fourth-order valence-corrected chi connectivity index (χ4v) is 1.66. The summed E-state index contributed by atoms with van der Waals surface area (Å²) in [4.78, 5) is 22.3. The number of nitrogens with two attached hydrogens (primary N) is 2. The molecule has 5 N–H and O–H groups in total. The molecule has 6 nitrogen and oxygen atoms in total. The Balaban J connectivity index is 2.76. The molecule has 0 aliphatic rings. The van der Waals surface area contributed by atoms with E-state index in [1.54, 1.807) is 18.2 Å². The van der Waals surface area contributed by atoms with E-state index >= 15 is 0 Å². The quantitative estimate of drug-likeness (QED) is 0.683. The first kappa shape index (κ1) is 11.8. The molecular formula is C12H13N5O. The molecule has 2 aromatic heterocycles. The number of nitrogens with one attached hydrogen (secondary N) is 1. The zero-order valence-corrected chi connectivity index (χ0v) is 9.90. The van der Waals surface area contributed by atoms with E-state index < -0.39 is 0 Å². The van der Waals surface area contributed by atoms with Crippen molar-refractivity contribution in [2.24, 2.45) is 0 Å². The smallest absolute Gasteiger partial charge is 0.257 e. The molecule has 92 valence electrons. The molecule has 0 aliphatic heterocycles. The lowest BCUT2D eigenvalue weighted by Crippen LogP contribution is -2.13. The standard InChI is InChI=1S/C12H13N5O/c1-3-4-6(2)7-5-8-9(13)15-12(14)17-10(8)16-11(7)18/h3-5H,2H2,1H3,(H5,13,14,15,16,17,18)/b4-3-. The van der Waals surface area contributed by atoms with Crippen molar-refractivity contribution in [3.63, 3.8) is 0 Å². The Hall–Kier alpha value is -2.63. The summed E-state index contributed by atoms with van der Waals surface area (Å²) in [5.41, 5.74) is 12.3. The van der Waals surface area contributed by atoms with Gasteiger partial charge < -0.3 is 16.5 Å². The summed E-state index contributed by atoms with van der Waals surface area (Å²) in [5, 5.41) is 0.546. The summed E-state index contributed by atoms with van der Waals surface area (Å²) in [6.45, 7) is 5.66. The van der Waals surface area contributed by atoms with Gasteiger partial charge in [-0.2, -0.15) is 9.97 Å². The van der Waals surface area contributed by atoms with Crippen molar-refractivity contribution in [2.45, 2.75) is 6.92 Å². The van der Waals surface area contributed by atoms with Crippen LogP contribution in [0.2, 0.25) is 0 Å². The Morgan fingerprint density at radius 1 is 1.44 bits per heavy atom. The maximum atomic E-state index is 11.9. The molecule has 0 spiro atoms. The van der Waals surface area contributed by atoms with Gasteiger partial charge in [0.1, 0.15) is 11.5 Å². The largest absolute Gasteiger partial charge is 0.383 e. The van der Waals surface area contributed by atoms with Gasteiger partial charge in [-0.3, -0.25) is 4.79 Å². The zero-order chi connectivity index (χ0) is 13.3. The Kier molecular flexibility index (Phi) is 2.85. The highest BCUT2D eigenvalue weighted by atomic mass is 16.1. The minimum absolute atomic E-state index is 0.0238. The van der Waals surface area contributed by atoms with Crippen LogP contribution in [0.15, 0.2) is 29.6 Å². The fourth-order valence-electron chi connectivity index (χ4n) is 1.66. The van der Waals surface area contributed by atoms with Gasteiger partial charge in [0, 0.05) is 5.56 Å². The van der Waals surface area contributed by atoms with E-state index in [0.29, 0.717) is 22.2 Å². The minimum Gasteiger partial charge on any atom is -0.383 e. The van der Waals surface area contributed by atoms with Crippen molar-refractivity contribution >= 4 is 28.4 Å². The number of H-pyrrole nitrogens is 1. The number of pyridine rings is 1. The van der Waals surface area contributed by atoms with E-state index in [1.165, 1.54) is 0 Å². The summed E-state index contributed by atoms with van der Waals surface area (Å²) in [6.07, 6.45) is 3.54. The number of fused-ring (bicyclic) bond motifs is 1. The van der Waals surface area contributed by atoms with E-state index in [1.807, 2.05) is 6.92 Å². The molecule has 0 unspecified atom stereocenters. The van der Waals surface area contributed by atoms with Gasteiger partial charge in [-0.05, 0) is 18.6 Å². The van der Waals surface area contributed by atoms with E-state index in [2.05, 4.69) is 21.5 Å². The first-order valence-corrected chi connectivity index (χ1v) is 5.31. The molecule has 18 heavy (non-hydrogen) atoms. The number of allylic oxidation sites excluding steroid dienone is 3. The number of aromatic nitrogens is 3. The van der Waals surface area contributed by atoms with Gasteiger partial charge >= 0.3 is 0 Å². The van der Waals surface area contributed by atoms with Crippen molar-refractivity contribution in [2.75, 3.05) is 11.5 Å².